The second-order valence-corrected chi connectivity index (χ2v) is 19.9. The lowest BCUT2D eigenvalue weighted by atomic mass is 9.41. The minimum atomic E-state index is -1.69. The zero-order chi connectivity index (χ0) is 39.5. The molecular weight excluding hydrogens is 700 g/mol. The highest BCUT2D eigenvalue weighted by atomic mass is 16.8. The molecule has 2 aliphatic heterocycles. The fraction of sp³-hybridized carbons (Fsp3) is 0.951. The largest absolute Gasteiger partial charge is 0.394 e. The van der Waals surface area contributed by atoms with Gasteiger partial charge in [-0.3, -0.25) is 0 Å². The Morgan fingerprint density at radius 2 is 1.46 bits per heavy atom. The molecule has 0 unspecified atom stereocenters. The summed E-state index contributed by atoms with van der Waals surface area (Å²) in [6.45, 7) is 16.2. The molecule has 0 aromatic rings. The summed E-state index contributed by atoms with van der Waals surface area (Å²) < 4.78 is 24.2. The summed E-state index contributed by atoms with van der Waals surface area (Å²) in [5.74, 6) is 0.857. The van der Waals surface area contributed by atoms with E-state index in [0.29, 0.717) is 23.8 Å². The lowest BCUT2D eigenvalue weighted by molar-refractivity contribution is -0.366. The highest BCUT2D eigenvalue weighted by molar-refractivity contribution is 5.31. The average molecular weight is 769 g/mol. The fourth-order valence-electron chi connectivity index (χ4n) is 14.2. The summed E-state index contributed by atoms with van der Waals surface area (Å²) in [6.07, 6.45) is -7.30. The van der Waals surface area contributed by atoms with Crippen molar-refractivity contribution in [3.05, 3.63) is 12.2 Å². The maximum absolute atomic E-state index is 11.8. The van der Waals surface area contributed by atoms with E-state index < -0.39 is 80.2 Å². The number of aliphatic hydroxyl groups is 9. The Bertz CT molecular complexity index is 1390. The summed E-state index contributed by atoms with van der Waals surface area (Å²) in [5.41, 5.74) is 0.391. The molecule has 5 aliphatic carbocycles. The number of fused-ring (bicyclic) bond motifs is 2. The molecule has 7 fully saturated rings. The second kappa shape index (κ2) is 14.2. The molecule has 0 bridgehead atoms. The quantitative estimate of drug-likeness (QED) is 0.114. The van der Waals surface area contributed by atoms with E-state index in [1.165, 1.54) is 0 Å². The van der Waals surface area contributed by atoms with Gasteiger partial charge in [-0.25, -0.2) is 0 Å². The van der Waals surface area contributed by atoms with Crippen molar-refractivity contribution >= 4 is 0 Å². The predicted molar refractivity (Wildman–Crippen MR) is 194 cm³/mol. The van der Waals surface area contributed by atoms with E-state index in [1.54, 1.807) is 6.92 Å². The first kappa shape index (κ1) is 41.4. The van der Waals surface area contributed by atoms with Crippen LogP contribution in [-0.2, 0) is 18.9 Å². The molecule has 0 aromatic carbocycles. The summed E-state index contributed by atoms with van der Waals surface area (Å²) >= 11 is 0. The first-order valence-electron chi connectivity index (χ1n) is 20.5. The van der Waals surface area contributed by atoms with Crippen molar-refractivity contribution in [3.63, 3.8) is 0 Å². The molecule has 0 amide bonds. The summed E-state index contributed by atoms with van der Waals surface area (Å²) in [6, 6.07) is 0. The Morgan fingerprint density at radius 3 is 2.13 bits per heavy atom. The molecule has 2 spiro atoms. The Hall–Kier alpha value is -0.780. The number of ether oxygens (including phenoxy) is 4. The third-order valence-corrected chi connectivity index (χ3v) is 17.1. The molecule has 9 N–H and O–H groups in total. The van der Waals surface area contributed by atoms with E-state index in [2.05, 4.69) is 41.2 Å². The lowest BCUT2D eigenvalue weighted by Crippen LogP contribution is -2.63. The van der Waals surface area contributed by atoms with Crippen LogP contribution in [0.4, 0.5) is 0 Å². The molecule has 5 saturated carbocycles. The van der Waals surface area contributed by atoms with Gasteiger partial charge in [0.2, 0.25) is 0 Å². The van der Waals surface area contributed by atoms with Crippen LogP contribution in [0.25, 0.3) is 0 Å². The van der Waals surface area contributed by atoms with Crippen molar-refractivity contribution in [3.8, 4) is 0 Å². The van der Waals surface area contributed by atoms with Crippen molar-refractivity contribution in [2.24, 2.45) is 50.7 Å². The molecule has 13 nitrogen and oxygen atoms in total. The number of hydrogen-bond acceptors (Lipinski definition) is 13. The van der Waals surface area contributed by atoms with Crippen molar-refractivity contribution in [2.75, 3.05) is 13.2 Å². The standard InChI is InChI=1S/C41H68O13/c1-19(2)29(46)21(43)14-20(3)28-22(44)15-39(7)26-9-8-25-37(4,5)27(10-11-40(25)18-41(26,40)13-12-38(28,39)6)53-36-34(30(47)23(45)17-51-36)54-35-33(50)32(49)31(48)24(16-42)52-35/h20-36,42-50H,1,8-18H2,2-7H3/t20-,21-,22+,23-,24-,25+,26+,27+,28+,29-,30+,31-,32+,33-,34-,35+,36+,38-,39+,40-,41+/m1/s1. The third kappa shape index (κ3) is 5.96. The van der Waals surface area contributed by atoms with Crippen LogP contribution in [0.3, 0.4) is 0 Å². The molecule has 7 rings (SSSR count). The second-order valence-electron chi connectivity index (χ2n) is 19.9. The number of hydrogen-bond donors (Lipinski definition) is 9. The van der Waals surface area contributed by atoms with Crippen molar-refractivity contribution in [2.45, 2.75) is 179 Å². The fourth-order valence-corrected chi connectivity index (χ4v) is 14.2. The normalized spacial score (nSPS) is 54.0. The topological polar surface area (TPSA) is 219 Å². The molecular formula is C41H68O13. The molecule has 2 heterocycles. The Kier molecular flexibility index (Phi) is 10.9. The van der Waals surface area contributed by atoms with E-state index >= 15 is 0 Å². The highest BCUT2D eigenvalue weighted by Crippen LogP contribution is 2.89. The van der Waals surface area contributed by atoms with Gasteiger partial charge >= 0.3 is 0 Å². The zero-order valence-electron chi connectivity index (χ0n) is 33.0. The Morgan fingerprint density at radius 1 is 0.796 bits per heavy atom. The highest BCUT2D eigenvalue weighted by Gasteiger charge is 2.83. The number of aliphatic hydroxyl groups excluding tert-OH is 9. The zero-order valence-corrected chi connectivity index (χ0v) is 33.0. The molecule has 54 heavy (non-hydrogen) atoms. The molecule has 310 valence electrons. The van der Waals surface area contributed by atoms with Crippen LogP contribution >= 0.6 is 0 Å². The van der Waals surface area contributed by atoms with Crippen molar-refractivity contribution < 1.29 is 64.9 Å². The van der Waals surface area contributed by atoms with E-state index in [1.807, 2.05) is 0 Å². The van der Waals surface area contributed by atoms with Crippen molar-refractivity contribution in [1.29, 1.82) is 0 Å². The summed E-state index contributed by atoms with van der Waals surface area (Å²) in [5, 5.41) is 95.7. The molecule has 21 atom stereocenters. The summed E-state index contributed by atoms with van der Waals surface area (Å²) in [7, 11) is 0. The molecule has 0 aromatic heterocycles. The number of rotatable bonds is 10. The van der Waals surface area contributed by atoms with E-state index in [4.69, 9.17) is 18.9 Å². The van der Waals surface area contributed by atoms with Gasteiger partial charge in [-0.2, -0.15) is 0 Å². The van der Waals surface area contributed by atoms with E-state index in [9.17, 15) is 46.0 Å². The summed E-state index contributed by atoms with van der Waals surface area (Å²) in [4.78, 5) is 0. The van der Waals surface area contributed by atoms with Crippen LogP contribution in [-0.4, -0.2) is 139 Å². The molecule has 2 saturated heterocycles. The van der Waals surface area contributed by atoms with Gasteiger partial charge < -0.3 is 64.9 Å². The first-order chi connectivity index (χ1) is 25.2. The predicted octanol–water partition coefficient (Wildman–Crippen LogP) is 1.37. The Labute approximate surface area is 319 Å². The van der Waals surface area contributed by atoms with Crippen LogP contribution in [0.5, 0.6) is 0 Å². The maximum Gasteiger partial charge on any atom is 0.187 e. The van der Waals surface area contributed by atoms with Crippen molar-refractivity contribution in [1.82, 2.24) is 0 Å². The monoisotopic (exact) mass is 768 g/mol. The Balaban J connectivity index is 1.07. The van der Waals surface area contributed by atoms with Gasteiger partial charge in [0.05, 0.1) is 31.5 Å². The third-order valence-electron chi connectivity index (χ3n) is 17.1. The SMILES string of the molecule is C=C(C)[C@@H](O)[C@H](O)C[C@@H](C)[C@H]1[C@@H](O)C[C@@]2(C)[C@@H]3CC[C@H]4C(C)(C)[C@@H](O[C@@H]5OC[C@@H](O)[C@H](O)[C@H]5O[C@@H]5O[C@H](CO)[C@@H](O)[C@H](O)[C@H]5O)CC[C@@]45C[C@@]35CC[C@]12C. The van der Waals surface area contributed by atoms with Crippen LogP contribution in [0.15, 0.2) is 12.2 Å². The van der Waals surface area contributed by atoms with E-state index in [0.717, 1.165) is 51.4 Å². The smallest absolute Gasteiger partial charge is 0.187 e. The molecule has 13 heteroatoms. The minimum absolute atomic E-state index is 0.0160. The molecule has 7 aliphatic rings. The van der Waals surface area contributed by atoms with Crippen LogP contribution in [0.1, 0.15) is 99.3 Å². The van der Waals surface area contributed by atoms with Crippen LogP contribution in [0.2, 0.25) is 0 Å². The van der Waals surface area contributed by atoms with Gasteiger partial charge in [0.1, 0.15) is 48.8 Å². The first-order valence-corrected chi connectivity index (χ1v) is 20.5. The van der Waals surface area contributed by atoms with Gasteiger partial charge in [0, 0.05) is 0 Å². The van der Waals surface area contributed by atoms with Crippen LogP contribution < -0.4 is 0 Å². The van der Waals surface area contributed by atoms with Gasteiger partial charge in [0.15, 0.2) is 12.6 Å². The minimum Gasteiger partial charge on any atom is -0.394 e. The molecule has 0 radical (unpaired) electrons. The van der Waals surface area contributed by atoms with E-state index in [-0.39, 0.29) is 51.6 Å². The van der Waals surface area contributed by atoms with Gasteiger partial charge in [-0.05, 0) is 121 Å². The van der Waals surface area contributed by atoms with Crippen LogP contribution in [0, 0.1) is 50.7 Å². The lowest BCUT2D eigenvalue weighted by Gasteiger charge is -2.63. The van der Waals surface area contributed by atoms with Gasteiger partial charge in [0.25, 0.3) is 0 Å². The average Bonchev–Trinajstić information content (AvgIpc) is 3.72. The van der Waals surface area contributed by atoms with Gasteiger partial charge in [-0.1, -0.05) is 41.2 Å². The van der Waals surface area contributed by atoms with Gasteiger partial charge in [-0.15, -0.1) is 0 Å². The maximum atomic E-state index is 11.8.